The number of hydrogen-bond acceptors (Lipinski definition) is 4. The molecule has 328 valence electrons. The summed E-state index contributed by atoms with van der Waals surface area (Å²) in [5.74, 6) is 3.09. The third kappa shape index (κ3) is 9.71. The van der Waals surface area contributed by atoms with Crippen LogP contribution in [0.5, 0.6) is 0 Å². The summed E-state index contributed by atoms with van der Waals surface area (Å²) in [6.45, 7) is 18.0. The third-order valence-electron chi connectivity index (χ3n) is 12.4. The Balaban J connectivity index is 0.000000183. The molecule has 0 fully saturated rings. The second kappa shape index (κ2) is 20.4. The molecule has 0 aliphatic carbocycles. The Labute approximate surface area is 406 Å². The van der Waals surface area contributed by atoms with E-state index >= 15 is 0 Å². The molecule has 0 bridgehead atoms. The van der Waals surface area contributed by atoms with Crippen LogP contribution in [0.1, 0.15) is 101 Å². The van der Waals surface area contributed by atoms with Crippen LogP contribution in [0.25, 0.3) is 65.6 Å². The van der Waals surface area contributed by atoms with Crippen molar-refractivity contribution in [3.63, 3.8) is 0 Å². The normalized spacial score (nSPS) is 12.2. The van der Waals surface area contributed by atoms with Crippen LogP contribution in [0, 0.1) is 0 Å². The summed E-state index contributed by atoms with van der Waals surface area (Å²) in [5.41, 5.74) is 13.6. The van der Waals surface area contributed by atoms with E-state index in [2.05, 4.69) is 175 Å². The molecule has 6 nitrogen and oxygen atoms in total. The number of fused-ring (bicyclic) bond motifs is 6. The summed E-state index contributed by atoms with van der Waals surface area (Å²) in [6, 6.07) is 54.7. The molecule has 6 aromatic carbocycles. The van der Waals surface area contributed by atoms with Gasteiger partial charge in [0.2, 0.25) is 0 Å². The summed E-state index contributed by atoms with van der Waals surface area (Å²) < 4.78 is 0. The minimum absolute atomic E-state index is 0. The molecule has 10 aromatic rings. The van der Waals surface area contributed by atoms with Gasteiger partial charge in [0, 0.05) is 17.0 Å². The molecule has 4 heterocycles. The second-order valence-electron chi connectivity index (χ2n) is 18.3. The number of nitrogens with zero attached hydrogens (tertiary/aromatic N) is 6. The predicted molar refractivity (Wildman–Crippen MR) is 276 cm³/mol. The Morgan fingerprint density at radius 2 is 0.940 bits per heavy atom. The van der Waals surface area contributed by atoms with Gasteiger partial charge >= 0.3 is 19.5 Å². The van der Waals surface area contributed by atoms with Crippen molar-refractivity contribution in [1.82, 2.24) is 19.9 Å². The van der Waals surface area contributed by atoms with E-state index in [0.717, 1.165) is 54.5 Å². The van der Waals surface area contributed by atoms with Gasteiger partial charge in [-0.2, -0.15) is 0 Å². The van der Waals surface area contributed by atoms with E-state index in [4.69, 9.17) is 20.0 Å². The molecule has 0 unspecified atom stereocenters. The van der Waals surface area contributed by atoms with Crippen molar-refractivity contribution in [3.05, 3.63) is 203 Å². The van der Waals surface area contributed by atoms with E-state index in [9.17, 15) is 0 Å². The average Bonchev–Trinajstić information content (AvgIpc) is 3.34. The largest absolute Gasteiger partial charge is 2.00 e. The molecule has 67 heavy (non-hydrogen) atoms. The summed E-state index contributed by atoms with van der Waals surface area (Å²) >= 11 is 0. The summed E-state index contributed by atoms with van der Waals surface area (Å²) in [6.07, 6.45) is 3.73. The van der Waals surface area contributed by atoms with Gasteiger partial charge in [-0.15, -0.1) is 0 Å². The first kappa shape index (κ1) is 46.7. The van der Waals surface area contributed by atoms with Gasteiger partial charge in [-0.05, 0) is 119 Å². The van der Waals surface area contributed by atoms with Gasteiger partial charge in [-0.3, -0.25) is 9.97 Å². The smallest absolute Gasteiger partial charge is 0.443 e. The van der Waals surface area contributed by atoms with Crippen molar-refractivity contribution >= 4 is 55.0 Å². The van der Waals surface area contributed by atoms with Crippen LogP contribution in [0.3, 0.4) is 0 Å². The van der Waals surface area contributed by atoms with Gasteiger partial charge in [0.25, 0.3) is 0 Å². The molecule has 0 saturated carbocycles. The fourth-order valence-corrected chi connectivity index (χ4v) is 9.20. The third-order valence-corrected chi connectivity index (χ3v) is 12.4. The van der Waals surface area contributed by atoms with E-state index in [1.165, 1.54) is 33.4 Å². The summed E-state index contributed by atoms with van der Waals surface area (Å²) in [4.78, 5) is 28.8. The maximum Gasteiger partial charge on any atom is 2.00 e. The number of hydrogen-bond donors (Lipinski definition) is 0. The Morgan fingerprint density at radius 3 is 1.54 bits per heavy atom. The zero-order valence-corrected chi connectivity index (χ0v) is 42.8. The van der Waals surface area contributed by atoms with E-state index in [-0.39, 0.29) is 19.5 Å². The molecule has 4 aromatic heterocycles. The van der Waals surface area contributed by atoms with E-state index in [0.29, 0.717) is 46.3 Å². The minimum atomic E-state index is 0. The maximum atomic E-state index is 4.98. The molecular weight excluding hydrogens is 870 g/mol. The molecule has 0 amide bonds. The molecule has 0 aliphatic heterocycles. The number of benzene rings is 6. The topological polar surface area (TPSA) is 78.7 Å². The van der Waals surface area contributed by atoms with Gasteiger partial charge in [0.15, 0.2) is 0 Å². The molecular formula is C60H56N6Zn. The van der Waals surface area contributed by atoms with Crippen molar-refractivity contribution in [2.45, 2.75) is 79.1 Å². The van der Waals surface area contributed by atoms with Crippen molar-refractivity contribution in [3.8, 4) is 22.3 Å². The summed E-state index contributed by atoms with van der Waals surface area (Å²) in [5, 5.41) is 6.65. The first-order valence-electron chi connectivity index (χ1n) is 23.2. The van der Waals surface area contributed by atoms with Crippen LogP contribution in [-0.4, -0.2) is 9.97 Å². The van der Waals surface area contributed by atoms with Crippen LogP contribution in [0.2, 0.25) is 0 Å². The van der Waals surface area contributed by atoms with Crippen molar-refractivity contribution in [2.75, 3.05) is 0 Å². The molecule has 10 rings (SSSR count). The van der Waals surface area contributed by atoms with Crippen LogP contribution >= 0.6 is 0 Å². The molecule has 0 radical (unpaired) electrons. The molecule has 0 saturated heterocycles. The van der Waals surface area contributed by atoms with Crippen LogP contribution in [0.4, 0.5) is 11.6 Å². The predicted octanol–water partition coefficient (Wildman–Crippen LogP) is 15.0. The molecule has 0 aliphatic rings. The Hall–Kier alpha value is -6.82. The fraction of sp³-hybridized carbons (Fsp3) is 0.200. The van der Waals surface area contributed by atoms with Gasteiger partial charge in [0.1, 0.15) is 0 Å². The SMILES string of the molecule is CC(C)c1cccc(C(C)C)c1-c1ccnc(N=c2cc(-c3c(C(C)C)cccc3C(C)C)cc[n-]2)c1.[Zn+2].c1ccc2c(c1)nc(N=c1[n-]c3ccccc3c3ccccc13)c1ccccc12. The van der Waals surface area contributed by atoms with Gasteiger partial charge < -0.3 is 20.0 Å². The van der Waals surface area contributed by atoms with Gasteiger partial charge in [0.05, 0.1) is 17.2 Å². The quantitative estimate of drug-likeness (QED) is 0.112. The number of pyridine rings is 4. The van der Waals surface area contributed by atoms with Gasteiger partial charge in [-0.1, -0.05) is 207 Å². The molecule has 7 heteroatoms. The number of rotatable bonds is 8. The van der Waals surface area contributed by atoms with Gasteiger partial charge in [-0.25, -0.2) is 0 Å². The van der Waals surface area contributed by atoms with E-state index in [1.54, 1.807) is 0 Å². The Bertz CT molecular complexity index is 3470. The van der Waals surface area contributed by atoms with Crippen molar-refractivity contribution in [2.24, 2.45) is 9.98 Å². The van der Waals surface area contributed by atoms with E-state index in [1.807, 2.05) is 60.9 Å². The zero-order chi connectivity index (χ0) is 45.9. The molecule has 0 spiro atoms. The van der Waals surface area contributed by atoms with Crippen LogP contribution in [0.15, 0.2) is 180 Å². The average molecular weight is 927 g/mol. The monoisotopic (exact) mass is 924 g/mol. The maximum absolute atomic E-state index is 4.98. The summed E-state index contributed by atoms with van der Waals surface area (Å²) in [7, 11) is 0. The van der Waals surface area contributed by atoms with Crippen molar-refractivity contribution in [1.29, 1.82) is 0 Å². The number of aromatic nitrogens is 4. The van der Waals surface area contributed by atoms with Crippen LogP contribution in [-0.2, 0) is 19.5 Å². The van der Waals surface area contributed by atoms with E-state index < -0.39 is 0 Å². The first-order chi connectivity index (χ1) is 32.0. The molecule has 0 N–H and O–H groups in total. The fourth-order valence-electron chi connectivity index (χ4n) is 9.20. The first-order valence-corrected chi connectivity index (χ1v) is 23.2. The number of para-hydroxylation sites is 2. The Morgan fingerprint density at radius 1 is 0.448 bits per heavy atom. The zero-order valence-electron chi connectivity index (χ0n) is 39.9. The van der Waals surface area contributed by atoms with Crippen molar-refractivity contribution < 1.29 is 19.5 Å². The molecule has 0 atom stereocenters. The standard InChI is InChI=1S/C34H40N3.C26H16N3.Zn/c1-21(2)27-11-9-12-28(22(3)4)33(27)25-15-17-35-31(19-25)37-32-20-26(16-18-36-32)34-29(23(5)6)13-10-14-30(34)24(7)8;1-3-13-21-17(9-1)19-11-5-7-15-23(19)27-25(21)29-26-22-14-4-2-10-18(22)20-12-6-8-16-24(20)28-26;/h9-24H,1-8H3;1-16H;/q2*-1;+2. The second-order valence-corrected chi connectivity index (χ2v) is 18.3. The Kier molecular flexibility index (Phi) is 14.2. The minimum Gasteiger partial charge on any atom is -0.443 e. The van der Waals surface area contributed by atoms with Crippen LogP contribution < -0.4 is 20.9 Å².